The molecule has 0 radical (unpaired) electrons. The molecule has 2 aromatic carbocycles. The minimum atomic E-state index is -0.183. The molecule has 4 nitrogen and oxygen atoms in total. The maximum atomic E-state index is 12.7. The summed E-state index contributed by atoms with van der Waals surface area (Å²) in [6, 6.07) is 18.1. The zero-order valence-corrected chi connectivity index (χ0v) is 15.4. The average Bonchev–Trinajstić information content (AvgIpc) is 3.46. The van der Waals surface area contributed by atoms with Crippen molar-refractivity contribution in [1.29, 1.82) is 0 Å². The number of amides is 2. The van der Waals surface area contributed by atoms with Gasteiger partial charge in [0.15, 0.2) is 0 Å². The van der Waals surface area contributed by atoms with Gasteiger partial charge in [-0.15, -0.1) is 0 Å². The molecule has 2 unspecified atom stereocenters. The molecule has 2 amide bonds. The molecule has 2 atom stereocenters. The van der Waals surface area contributed by atoms with E-state index < -0.39 is 0 Å². The van der Waals surface area contributed by atoms with Crippen molar-refractivity contribution >= 4 is 11.8 Å². The van der Waals surface area contributed by atoms with E-state index in [1.165, 1.54) is 5.56 Å². The summed E-state index contributed by atoms with van der Waals surface area (Å²) in [5.74, 6) is -0.277. The first-order valence-corrected chi connectivity index (χ1v) is 9.24. The summed E-state index contributed by atoms with van der Waals surface area (Å²) in [7, 11) is 0. The number of rotatable bonds is 7. The largest absolute Gasteiger partial charge is 0.352 e. The van der Waals surface area contributed by atoms with Crippen molar-refractivity contribution in [3.63, 3.8) is 0 Å². The standard InChI is InChI=1S/C22H26N2O2/c1-3-24(15-18-7-5-4-6-8-18)22(26)20-13-19(20)21(25)23-14-17-11-9-16(2)10-12-17/h4-12,19-20H,3,13-15H2,1-2H3,(H,23,25). The third-order valence-electron chi connectivity index (χ3n) is 4.94. The summed E-state index contributed by atoms with van der Waals surface area (Å²) < 4.78 is 0. The van der Waals surface area contributed by atoms with E-state index in [2.05, 4.69) is 5.32 Å². The molecule has 1 aliphatic carbocycles. The van der Waals surface area contributed by atoms with Crippen molar-refractivity contribution in [3.8, 4) is 0 Å². The summed E-state index contributed by atoms with van der Waals surface area (Å²) in [5, 5.41) is 2.96. The topological polar surface area (TPSA) is 49.4 Å². The third kappa shape index (κ3) is 4.51. The van der Waals surface area contributed by atoms with Gasteiger partial charge < -0.3 is 10.2 Å². The molecular weight excluding hydrogens is 324 g/mol. The Hall–Kier alpha value is -2.62. The van der Waals surface area contributed by atoms with Crippen LogP contribution in [0.25, 0.3) is 0 Å². The maximum absolute atomic E-state index is 12.7. The van der Waals surface area contributed by atoms with Crippen LogP contribution in [0.5, 0.6) is 0 Å². The first-order valence-electron chi connectivity index (χ1n) is 9.24. The average molecular weight is 350 g/mol. The van der Waals surface area contributed by atoms with Crippen molar-refractivity contribution < 1.29 is 9.59 Å². The van der Waals surface area contributed by atoms with Gasteiger partial charge in [-0.1, -0.05) is 60.2 Å². The number of hydrogen-bond acceptors (Lipinski definition) is 2. The smallest absolute Gasteiger partial charge is 0.226 e. The molecule has 3 rings (SSSR count). The van der Waals surface area contributed by atoms with E-state index >= 15 is 0 Å². The summed E-state index contributed by atoms with van der Waals surface area (Å²) in [4.78, 5) is 26.9. The first kappa shape index (κ1) is 18.2. The fourth-order valence-corrected chi connectivity index (χ4v) is 3.17. The lowest BCUT2D eigenvalue weighted by atomic mass is 10.1. The predicted molar refractivity (Wildman–Crippen MR) is 102 cm³/mol. The number of benzene rings is 2. The molecule has 0 bridgehead atoms. The molecule has 26 heavy (non-hydrogen) atoms. The molecule has 0 aliphatic heterocycles. The molecule has 1 saturated carbocycles. The quantitative estimate of drug-likeness (QED) is 0.833. The van der Waals surface area contributed by atoms with Crippen LogP contribution in [0.3, 0.4) is 0 Å². The highest BCUT2D eigenvalue weighted by molar-refractivity contribution is 5.92. The zero-order chi connectivity index (χ0) is 18.5. The molecule has 0 saturated heterocycles. The molecule has 1 N–H and O–H groups in total. The highest BCUT2D eigenvalue weighted by atomic mass is 16.2. The highest BCUT2D eigenvalue weighted by Gasteiger charge is 2.49. The SMILES string of the molecule is CCN(Cc1ccccc1)C(=O)C1CC1C(=O)NCc1ccc(C)cc1. The molecule has 4 heteroatoms. The van der Waals surface area contributed by atoms with Gasteiger partial charge in [0.25, 0.3) is 0 Å². The molecule has 0 aromatic heterocycles. The maximum Gasteiger partial charge on any atom is 0.226 e. The van der Waals surface area contributed by atoms with Crippen LogP contribution in [0.2, 0.25) is 0 Å². The summed E-state index contributed by atoms with van der Waals surface area (Å²) in [5.41, 5.74) is 3.39. The lowest BCUT2D eigenvalue weighted by Gasteiger charge is -2.21. The third-order valence-corrected chi connectivity index (χ3v) is 4.94. The Morgan fingerprint density at radius 3 is 2.35 bits per heavy atom. The number of carbonyl (C=O) groups excluding carboxylic acids is 2. The molecular formula is C22H26N2O2. The Morgan fingerprint density at radius 2 is 1.69 bits per heavy atom. The fourth-order valence-electron chi connectivity index (χ4n) is 3.17. The zero-order valence-electron chi connectivity index (χ0n) is 15.4. The van der Waals surface area contributed by atoms with Crippen LogP contribution >= 0.6 is 0 Å². The molecule has 2 aromatic rings. The van der Waals surface area contributed by atoms with Gasteiger partial charge in [-0.2, -0.15) is 0 Å². The van der Waals surface area contributed by atoms with E-state index in [0.29, 0.717) is 26.1 Å². The highest BCUT2D eigenvalue weighted by Crippen LogP contribution is 2.40. The normalized spacial score (nSPS) is 18.2. The van der Waals surface area contributed by atoms with Gasteiger partial charge in [0.1, 0.15) is 0 Å². The van der Waals surface area contributed by atoms with Gasteiger partial charge >= 0.3 is 0 Å². The lowest BCUT2D eigenvalue weighted by molar-refractivity contribution is -0.135. The lowest BCUT2D eigenvalue weighted by Crippen LogP contribution is -2.33. The van der Waals surface area contributed by atoms with Crippen LogP contribution in [-0.4, -0.2) is 23.3 Å². The van der Waals surface area contributed by atoms with Gasteiger partial charge in [0, 0.05) is 19.6 Å². The Balaban J connectivity index is 1.50. The number of aryl methyl sites for hydroxylation is 1. The Labute approximate surface area is 155 Å². The minimum absolute atomic E-state index is 0.0142. The predicted octanol–water partition coefficient (Wildman–Crippen LogP) is 3.30. The fraction of sp³-hybridized carbons (Fsp3) is 0.364. The number of nitrogens with zero attached hydrogens (tertiary/aromatic N) is 1. The number of nitrogens with one attached hydrogen (secondary N) is 1. The van der Waals surface area contributed by atoms with E-state index in [0.717, 1.165) is 11.1 Å². The van der Waals surface area contributed by atoms with E-state index in [4.69, 9.17) is 0 Å². The molecule has 1 aliphatic rings. The monoisotopic (exact) mass is 350 g/mol. The number of carbonyl (C=O) groups is 2. The van der Waals surface area contributed by atoms with Crippen molar-refractivity contribution in [2.75, 3.05) is 6.54 Å². The second-order valence-corrected chi connectivity index (χ2v) is 6.99. The van der Waals surface area contributed by atoms with E-state index in [1.807, 2.05) is 73.3 Å². The molecule has 0 heterocycles. The van der Waals surface area contributed by atoms with Gasteiger partial charge in [0.2, 0.25) is 11.8 Å². The second-order valence-electron chi connectivity index (χ2n) is 6.99. The van der Waals surface area contributed by atoms with Crippen LogP contribution in [0, 0.1) is 18.8 Å². The van der Waals surface area contributed by atoms with Crippen LogP contribution in [0.1, 0.15) is 30.0 Å². The van der Waals surface area contributed by atoms with Gasteiger partial charge in [-0.3, -0.25) is 9.59 Å². The van der Waals surface area contributed by atoms with Crippen molar-refractivity contribution in [2.24, 2.45) is 11.8 Å². The summed E-state index contributed by atoms with van der Waals surface area (Å²) >= 11 is 0. The Bertz CT molecular complexity index is 755. The first-order chi connectivity index (χ1) is 12.6. The van der Waals surface area contributed by atoms with Crippen LogP contribution in [-0.2, 0) is 22.7 Å². The number of hydrogen-bond donors (Lipinski definition) is 1. The van der Waals surface area contributed by atoms with E-state index in [-0.39, 0.29) is 23.7 Å². The van der Waals surface area contributed by atoms with Gasteiger partial charge in [-0.05, 0) is 31.4 Å². The molecule has 1 fully saturated rings. The summed E-state index contributed by atoms with van der Waals surface area (Å²) in [6.07, 6.45) is 0.657. The van der Waals surface area contributed by atoms with Crippen molar-refractivity contribution in [1.82, 2.24) is 10.2 Å². The van der Waals surface area contributed by atoms with Gasteiger partial charge in [-0.25, -0.2) is 0 Å². The van der Waals surface area contributed by atoms with Crippen molar-refractivity contribution in [3.05, 3.63) is 71.3 Å². The van der Waals surface area contributed by atoms with E-state index in [9.17, 15) is 9.59 Å². The van der Waals surface area contributed by atoms with Crippen molar-refractivity contribution in [2.45, 2.75) is 33.4 Å². The van der Waals surface area contributed by atoms with Crippen LogP contribution < -0.4 is 5.32 Å². The van der Waals surface area contributed by atoms with E-state index in [1.54, 1.807) is 0 Å². The minimum Gasteiger partial charge on any atom is -0.352 e. The Kier molecular flexibility index (Phi) is 5.71. The molecule has 136 valence electrons. The summed E-state index contributed by atoms with van der Waals surface area (Å²) in [6.45, 7) is 5.79. The Morgan fingerprint density at radius 1 is 1.00 bits per heavy atom. The van der Waals surface area contributed by atoms with Crippen LogP contribution in [0.4, 0.5) is 0 Å². The molecule has 0 spiro atoms. The van der Waals surface area contributed by atoms with Gasteiger partial charge in [0.05, 0.1) is 11.8 Å². The van der Waals surface area contributed by atoms with Crippen LogP contribution in [0.15, 0.2) is 54.6 Å². The second kappa shape index (κ2) is 8.17.